The quantitative estimate of drug-likeness (QED) is 0.854. The van der Waals surface area contributed by atoms with Gasteiger partial charge in [0.15, 0.2) is 0 Å². The van der Waals surface area contributed by atoms with E-state index < -0.39 is 0 Å². The van der Waals surface area contributed by atoms with E-state index >= 15 is 0 Å². The summed E-state index contributed by atoms with van der Waals surface area (Å²) in [5, 5.41) is 3.38. The summed E-state index contributed by atoms with van der Waals surface area (Å²) < 4.78 is 4.67. The lowest BCUT2D eigenvalue weighted by atomic mass is 9.98. The van der Waals surface area contributed by atoms with Crippen LogP contribution in [0.1, 0.15) is 28.8 Å². The molecule has 0 amide bonds. The van der Waals surface area contributed by atoms with Crippen LogP contribution in [-0.4, -0.2) is 26.2 Å². The summed E-state index contributed by atoms with van der Waals surface area (Å²) in [6, 6.07) is 7.73. The van der Waals surface area contributed by atoms with Gasteiger partial charge in [0.25, 0.3) is 0 Å². The molecular weight excluding hydrogens is 250 g/mol. The Bertz CT molecular complexity index is 372. The van der Waals surface area contributed by atoms with E-state index in [4.69, 9.17) is 0 Å². The monoisotopic (exact) mass is 269 g/mol. The van der Waals surface area contributed by atoms with Gasteiger partial charge in [-0.15, -0.1) is 12.4 Å². The highest BCUT2D eigenvalue weighted by atomic mass is 35.5. The van der Waals surface area contributed by atoms with Gasteiger partial charge >= 0.3 is 5.97 Å². The highest BCUT2D eigenvalue weighted by Crippen LogP contribution is 2.16. The summed E-state index contributed by atoms with van der Waals surface area (Å²) in [6.45, 7) is 2.31. The lowest BCUT2D eigenvalue weighted by molar-refractivity contribution is 0.0600. The Morgan fingerprint density at radius 1 is 1.39 bits per heavy atom. The Balaban J connectivity index is 0.00000162. The molecule has 1 atom stereocenters. The van der Waals surface area contributed by atoms with E-state index in [1.54, 1.807) is 0 Å². The van der Waals surface area contributed by atoms with Gasteiger partial charge in [-0.3, -0.25) is 0 Å². The number of hydrogen-bond donors (Lipinski definition) is 1. The van der Waals surface area contributed by atoms with Crippen LogP contribution in [0.25, 0.3) is 0 Å². The van der Waals surface area contributed by atoms with Gasteiger partial charge in [0.05, 0.1) is 12.7 Å². The van der Waals surface area contributed by atoms with Crippen LogP contribution < -0.4 is 5.32 Å². The standard InChI is InChI=1S/C14H19NO2.ClH/c1-17-14(16)13-6-4-11(5-7-13)2-3-12-8-9-15-10-12;/h4-7,12,15H,2-3,8-10H2,1H3;1H. The fourth-order valence-electron chi connectivity index (χ4n) is 2.26. The first-order valence-corrected chi connectivity index (χ1v) is 6.17. The minimum atomic E-state index is -0.267. The first kappa shape index (κ1) is 15.0. The van der Waals surface area contributed by atoms with Gasteiger partial charge < -0.3 is 10.1 Å². The molecule has 1 aliphatic heterocycles. The summed E-state index contributed by atoms with van der Waals surface area (Å²) in [5.74, 6) is 0.548. The SMILES string of the molecule is COC(=O)c1ccc(CCC2CCNC2)cc1.Cl. The van der Waals surface area contributed by atoms with E-state index in [2.05, 4.69) is 10.1 Å². The van der Waals surface area contributed by atoms with Crippen LogP contribution in [0, 0.1) is 5.92 Å². The average Bonchev–Trinajstić information content (AvgIpc) is 2.89. The highest BCUT2D eigenvalue weighted by molar-refractivity contribution is 5.89. The first-order valence-electron chi connectivity index (χ1n) is 6.17. The predicted octanol–water partition coefficient (Wildman–Crippen LogP) is 2.44. The molecule has 1 fully saturated rings. The predicted molar refractivity (Wildman–Crippen MR) is 74.3 cm³/mol. The Morgan fingerprint density at radius 2 is 2.11 bits per heavy atom. The van der Waals surface area contributed by atoms with E-state index in [0.29, 0.717) is 5.56 Å². The molecule has 0 saturated carbocycles. The van der Waals surface area contributed by atoms with Crippen molar-refractivity contribution in [2.45, 2.75) is 19.3 Å². The molecule has 1 saturated heterocycles. The number of benzene rings is 1. The number of aryl methyl sites for hydroxylation is 1. The normalized spacial score (nSPS) is 18.2. The van der Waals surface area contributed by atoms with Crippen molar-refractivity contribution in [3.05, 3.63) is 35.4 Å². The fraction of sp³-hybridized carbons (Fsp3) is 0.500. The summed E-state index contributed by atoms with van der Waals surface area (Å²) >= 11 is 0. The van der Waals surface area contributed by atoms with Gasteiger partial charge in [0.1, 0.15) is 0 Å². The summed E-state index contributed by atoms with van der Waals surface area (Å²) in [4.78, 5) is 11.3. The molecule has 18 heavy (non-hydrogen) atoms. The van der Waals surface area contributed by atoms with Crippen LogP contribution in [0.2, 0.25) is 0 Å². The van der Waals surface area contributed by atoms with Crippen molar-refractivity contribution in [1.29, 1.82) is 0 Å². The number of nitrogens with one attached hydrogen (secondary N) is 1. The molecule has 0 bridgehead atoms. The zero-order valence-electron chi connectivity index (χ0n) is 10.6. The van der Waals surface area contributed by atoms with Crippen molar-refractivity contribution in [3.8, 4) is 0 Å². The van der Waals surface area contributed by atoms with Crippen LogP contribution >= 0.6 is 12.4 Å². The third-order valence-electron chi connectivity index (χ3n) is 3.38. The molecule has 0 spiro atoms. The van der Waals surface area contributed by atoms with Gasteiger partial charge in [-0.2, -0.15) is 0 Å². The summed E-state index contributed by atoms with van der Waals surface area (Å²) in [6.07, 6.45) is 3.61. The largest absolute Gasteiger partial charge is 0.465 e. The number of carbonyl (C=O) groups excluding carboxylic acids is 1. The fourth-order valence-corrected chi connectivity index (χ4v) is 2.26. The summed E-state index contributed by atoms with van der Waals surface area (Å²) in [7, 11) is 1.41. The first-order chi connectivity index (χ1) is 8.29. The molecule has 0 aromatic heterocycles. The second-order valence-electron chi connectivity index (χ2n) is 4.59. The van der Waals surface area contributed by atoms with Crippen molar-refractivity contribution in [1.82, 2.24) is 5.32 Å². The third kappa shape index (κ3) is 4.00. The Hall–Kier alpha value is -1.06. The zero-order chi connectivity index (χ0) is 12.1. The van der Waals surface area contributed by atoms with Gasteiger partial charge in [-0.05, 0) is 56.0 Å². The van der Waals surface area contributed by atoms with Crippen molar-refractivity contribution in [2.24, 2.45) is 5.92 Å². The average molecular weight is 270 g/mol. The van der Waals surface area contributed by atoms with Gasteiger partial charge in [0, 0.05) is 0 Å². The Morgan fingerprint density at radius 3 is 2.67 bits per heavy atom. The van der Waals surface area contributed by atoms with Crippen LogP contribution in [-0.2, 0) is 11.2 Å². The van der Waals surface area contributed by atoms with E-state index in [-0.39, 0.29) is 18.4 Å². The molecule has 1 aliphatic rings. The van der Waals surface area contributed by atoms with Gasteiger partial charge in [-0.1, -0.05) is 12.1 Å². The van der Waals surface area contributed by atoms with Crippen molar-refractivity contribution in [3.63, 3.8) is 0 Å². The smallest absolute Gasteiger partial charge is 0.337 e. The van der Waals surface area contributed by atoms with Crippen molar-refractivity contribution in [2.75, 3.05) is 20.2 Å². The van der Waals surface area contributed by atoms with Crippen LogP contribution in [0.4, 0.5) is 0 Å². The second kappa shape index (κ2) is 7.39. The molecule has 2 rings (SSSR count). The van der Waals surface area contributed by atoms with E-state index in [0.717, 1.165) is 25.4 Å². The Kier molecular flexibility index (Phi) is 6.16. The van der Waals surface area contributed by atoms with E-state index in [9.17, 15) is 4.79 Å². The second-order valence-corrected chi connectivity index (χ2v) is 4.59. The molecule has 0 aliphatic carbocycles. The minimum Gasteiger partial charge on any atom is -0.465 e. The molecule has 1 N–H and O–H groups in total. The topological polar surface area (TPSA) is 38.3 Å². The number of methoxy groups -OCH3 is 1. The van der Waals surface area contributed by atoms with Gasteiger partial charge in [-0.25, -0.2) is 4.79 Å². The third-order valence-corrected chi connectivity index (χ3v) is 3.38. The number of halogens is 1. The summed E-state index contributed by atoms with van der Waals surface area (Å²) in [5.41, 5.74) is 1.92. The van der Waals surface area contributed by atoms with Crippen LogP contribution in [0.15, 0.2) is 24.3 Å². The molecule has 100 valence electrons. The number of rotatable bonds is 4. The molecule has 1 heterocycles. The number of ether oxygens (including phenoxy) is 1. The van der Waals surface area contributed by atoms with Crippen LogP contribution in [0.3, 0.4) is 0 Å². The molecule has 1 aromatic rings. The van der Waals surface area contributed by atoms with Gasteiger partial charge in [0.2, 0.25) is 0 Å². The number of hydrogen-bond acceptors (Lipinski definition) is 3. The molecule has 4 heteroatoms. The van der Waals surface area contributed by atoms with E-state index in [1.165, 1.54) is 25.5 Å². The van der Waals surface area contributed by atoms with Crippen molar-refractivity contribution >= 4 is 18.4 Å². The molecule has 0 radical (unpaired) electrons. The van der Waals surface area contributed by atoms with Crippen LogP contribution in [0.5, 0.6) is 0 Å². The van der Waals surface area contributed by atoms with Crippen molar-refractivity contribution < 1.29 is 9.53 Å². The maximum atomic E-state index is 11.3. The minimum absolute atomic E-state index is 0. The highest BCUT2D eigenvalue weighted by Gasteiger charge is 2.14. The maximum absolute atomic E-state index is 11.3. The lowest BCUT2D eigenvalue weighted by Gasteiger charge is -2.08. The maximum Gasteiger partial charge on any atom is 0.337 e. The Labute approximate surface area is 114 Å². The van der Waals surface area contributed by atoms with E-state index in [1.807, 2.05) is 24.3 Å². The molecule has 1 unspecified atom stereocenters. The number of esters is 1. The molecule has 3 nitrogen and oxygen atoms in total. The number of carbonyl (C=O) groups is 1. The molecular formula is C14H20ClNO2. The zero-order valence-corrected chi connectivity index (χ0v) is 11.5. The lowest BCUT2D eigenvalue weighted by Crippen LogP contribution is -2.09. The molecule has 1 aromatic carbocycles.